The van der Waals surface area contributed by atoms with E-state index in [0.29, 0.717) is 60.2 Å². The van der Waals surface area contributed by atoms with Gasteiger partial charge in [0, 0.05) is 29.5 Å². The molecule has 0 bridgehead atoms. The first-order valence-electron chi connectivity index (χ1n) is 19.8. The third kappa shape index (κ3) is 6.62. The van der Waals surface area contributed by atoms with Crippen LogP contribution in [-0.2, 0) is 11.3 Å². The van der Waals surface area contributed by atoms with Gasteiger partial charge in [0.25, 0.3) is 0 Å². The van der Waals surface area contributed by atoms with Crippen molar-refractivity contribution in [3.8, 4) is 11.8 Å². The zero-order valence-corrected chi connectivity index (χ0v) is 32.2. The molecule has 2 aromatic carbocycles. The molecule has 5 N–H and O–H groups in total. The van der Waals surface area contributed by atoms with Crippen molar-refractivity contribution < 1.29 is 34.4 Å². The van der Waals surface area contributed by atoms with E-state index in [1.165, 1.54) is 13.0 Å². The average Bonchev–Trinajstić information content (AvgIpc) is 3.48. The van der Waals surface area contributed by atoms with Crippen molar-refractivity contribution in [2.75, 3.05) is 5.32 Å². The standard InChI is InChI=1S/C45H55FN2O6/c1-25(10-15-39(52)53)32-13-14-33-41-34(22-38(51)44(32,33)5)43(4)18-19-45(54,23-30(43)21-37(41)50)17-16-28-11-12-29(35(46)20-28)24-47-42-31-8-6-7-9-36(31)48-26(2)40(42)27(3)49/h6-9,11-12,20,25,30,32-34,37-38,41,50-51,54H,10,13-15,18-19,21-24H2,1-5H3,(H,47,48)(H,52,53). The number of hydrogen-bond donors (Lipinski definition) is 5. The summed E-state index contributed by atoms with van der Waals surface area (Å²) in [6, 6.07) is 12.4. The number of rotatable bonds is 8. The first kappa shape index (κ1) is 38.4. The van der Waals surface area contributed by atoms with E-state index >= 15 is 4.39 Å². The Hall–Kier alpha value is -3.84. The van der Waals surface area contributed by atoms with Crippen molar-refractivity contribution in [1.82, 2.24) is 4.98 Å². The second kappa shape index (κ2) is 14.3. The molecule has 8 nitrogen and oxygen atoms in total. The Morgan fingerprint density at radius 2 is 1.83 bits per heavy atom. The van der Waals surface area contributed by atoms with Gasteiger partial charge in [0.2, 0.25) is 0 Å². The molecule has 4 fully saturated rings. The predicted molar refractivity (Wildman–Crippen MR) is 206 cm³/mol. The van der Waals surface area contributed by atoms with E-state index in [0.717, 1.165) is 30.2 Å². The number of carboxylic acid groups (broad SMARTS) is 1. The SMILES string of the molecule is CC(=O)c1c(C)nc2ccccc2c1NCc1ccc(C#CC2(O)CCC3(C)C(CC(O)C4C3CC(O)C3(C)C(C(C)CCC(=O)O)CCC43)C2)cc1F. The molecule has 54 heavy (non-hydrogen) atoms. The third-order valence-electron chi connectivity index (χ3n) is 14.8. The lowest BCUT2D eigenvalue weighted by Crippen LogP contribution is -2.63. The van der Waals surface area contributed by atoms with Crippen LogP contribution in [0.15, 0.2) is 42.5 Å². The summed E-state index contributed by atoms with van der Waals surface area (Å²) in [6.45, 7) is 10.0. The lowest BCUT2D eigenvalue weighted by Gasteiger charge is -2.64. The fourth-order valence-electron chi connectivity index (χ4n) is 11.9. The number of aliphatic carboxylic acids is 1. The summed E-state index contributed by atoms with van der Waals surface area (Å²) in [7, 11) is 0. The Labute approximate surface area is 318 Å². The Morgan fingerprint density at radius 3 is 2.56 bits per heavy atom. The molecular weight excluding hydrogens is 684 g/mol. The van der Waals surface area contributed by atoms with Gasteiger partial charge in [-0.25, -0.2) is 4.39 Å². The number of aromatic nitrogens is 1. The van der Waals surface area contributed by atoms with Crippen LogP contribution in [0.2, 0.25) is 0 Å². The molecule has 11 unspecified atom stereocenters. The van der Waals surface area contributed by atoms with Crippen LogP contribution in [0.3, 0.4) is 0 Å². The van der Waals surface area contributed by atoms with Gasteiger partial charge >= 0.3 is 5.97 Å². The predicted octanol–water partition coefficient (Wildman–Crippen LogP) is 7.68. The molecule has 3 aromatic rings. The molecule has 0 radical (unpaired) electrons. The molecule has 1 aromatic heterocycles. The molecule has 9 heteroatoms. The second-order valence-corrected chi connectivity index (χ2v) is 17.7. The number of Topliss-reactive ketones (excluding diaryl/α,β-unsaturated/α-hetero) is 1. The van der Waals surface area contributed by atoms with Crippen molar-refractivity contribution in [1.29, 1.82) is 0 Å². The van der Waals surface area contributed by atoms with Crippen molar-refractivity contribution in [3.05, 3.63) is 70.7 Å². The highest BCUT2D eigenvalue weighted by molar-refractivity contribution is 6.08. The van der Waals surface area contributed by atoms with Gasteiger partial charge in [-0.3, -0.25) is 14.6 Å². The molecule has 7 rings (SSSR count). The Morgan fingerprint density at radius 1 is 1.07 bits per heavy atom. The lowest BCUT2D eigenvalue weighted by atomic mass is 9.42. The van der Waals surface area contributed by atoms with E-state index in [9.17, 15) is 30.0 Å². The number of carbonyl (C=O) groups excluding carboxylic acids is 1. The average molecular weight is 739 g/mol. The molecule has 1 heterocycles. The third-order valence-corrected chi connectivity index (χ3v) is 14.8. The molecule has 4 saturated carbocycles. The number of nitrogens with zero attached hydrogens (tertiary/aromatic N) is 1. The van der Waals surface area contributed by atoms with E-state index in [2.05, 4.69) is 42.9 Å². The van der Waals surface area contributed by atoms with E-state index in [4.69, 9.17) is 0 Å². The Kier molecular flexibility index (Phi) is 10.2. The van der Waals surface area contributed by atoms with Gasteiger partial charge in [-0.05, 0) is 130 Å². The molecule has 11 atom stereocenters. The summed E-state index contributed by atoms with van der Waals surface area (Å²) in [6.07, 6.45) is 4.24. The first-order chi connectivity index (χ1) is 25.6. The van der Waals surface area contributed by atoms with Crippen LogP contribution < -0.4 is 5.32 Å². The van der Waals surface area contributed by atoms with Crippen LogP contribution in [0.5, 0.6) is 0 Å². The maximum atomic E-state index is 15.5. The van der Waals surface area contributed by atoms with Crippen LogP contribution >= 0.6 is 0 Å². The number of hydrogen-bond acceptors (Lipinski definition) is 7. The van der Waals surface area contributed by atoms with Crippen molar-refractivity contribution in [2.24, 2.45) is 46.3 Å². The smallest absolute Gasteiger partial charge is 0.303 e. The van der Waals surface area contributed by atoms with Crippen LogP contribution in [0, 0.1) is 70.9 Å². The van der Waals surface area contributed by atoms with Crippen LogP contribution in [0.25, 0.3) is 10.9 Å². The number of para-hydroxylation sites is 1. The van der Waals surface area contributed by atoms with Gasteiger partial charge in [0.05, 0.1) is 34.7 Å². The quantitative estimate of drug-likeness (QED) is 0.117. The van der Waals surface area contributed by atoms with Gasteiger partial charge in [0.15, 0.2) is 5.78 Å². The van der Waals surface area contributed by atoms with Crippen molar-refractivity contribution >= 4 is 28.3 Å². The van der Waals surface area contributed by atoms with Gasteiger partial charge in [-0.1, -0.05) is 56.9 Å². The number of fused-ring (bicyclic) bond motifs is 6. The first-order valence-corrected chi connectivity index (χ1v) is 19.8. The summed E-state index contributed by atoms with van der Waals surface area (Å²) >= 11 is 0. The summed E-state index contributed by atoms with van der Waals surface area (Å²) < 4.78 is 15.5. The fraction of sp³-hybridized carbons (Fsp3) is 0.578. The number of nitrogens with one attached hydrogen (secondary N) is 1. The minimum absolute atomic E-state index is 0.0167. The number of carboxylic acids is 1. The number of ketones is 1. The van der Waals surface area contributed by atoms with Gasteiger partial charge in [-0.15, -0.1) is 0 Å². The molecule has 0 spiro atoms. The number of benzene rings is 2. The zero-order valence-electron chi connectivity index (χ0n) is 32.2. The summed E-state index contributed by atoms with van der Waals surface area (Å²) in [4.78, 5) is 28.5. The van der Waals surface area contributed by atoms with E-state index in [1.54, 1.807) is 19.1 Å². The largest absolute Gasteiger partial charge is 0.481 e. The molecule has 288 valence electrons. The number of halogens is 1. The van der Waals surface area contributed by atoms with Crippen LogP contribution in [0.4, 0.5) is 10.1 Å². The normalized spacial score (nSPS) is 34.9. The topological polar surface area (TPSA) is 140 Å². The molecule has 0 amide bonds. The van der Waals surface area contributed by atoms with E-state index in [-0.39, 0.29) is 65.1 Å². The van der Waals surface area contributed by atoms with Crippen LogP contribution in [0.1, 0.15) is 113 Å². The molecule has 4 aliphatic rings. The highest BCUT2D eigenvalue weighted by atomic mass is 19.1. The summed E-state index contributed by atoms with van der Waals surface area (Å²) in [5, 5.41) is 48.9. The summed E-state index contributed by atoms with van der Waals surface area (Å²) in [5.41, 5.74) is 1.53. The highest BCUT2D eigenvalue weighted by Crippen LogP contribution is 2.69. The maximum absolute atomic E-state index is 15.5. The molecule has 0 saturated heterocycles. The Bertz CT molecular complexity index is 2020. The second-order valence-electron chi connectivity index (χ2n) is 17.7. The number of aliphatic hydroxyl groups is 3. The number of aliphatic hydroxyl groups excluding tert-OH is 2. The molecule has 0 aliphatic heterocycles. The van der Waals surface area contributed by atoms with Gasteiger partial charge in [0.1, 0.15) is 11.4 Å². The highest BCUT2D eigenvalue weighted by Gasteiger charge is 2.66. The fourth-order valence-corrected chi connectivity index (χ4v) is 11.9. The summed E-state index contributed by atoms with van der Waals surface area (Å²) in [5.74, 6) is 5.53. The molecular formula is C45H55FN2O6. The minimum atomic E-state index is -1.28. The lowest BCUT2D eigenvalue weighted by molar-refractivity contribution is -0.211. The van der Waals surface area contributed by atoms with E-state index in [1.807, 2.05) is 24.3 Å². The van der Waals surface area contributed by atoms with E-state index < -0.39 is 29.6 Å². The number of anilines is 1. The van der Waals surface area contributed by atoms with Gasteiger partial charge < -0.3 is 25.7 Å². The van der Waals surface area contributed by atoms with Crippen molar-refractivity contribution in [2.45, 2.75) is 117 Å². The van der Waals surface area contributed by atoms with Gasteiger partial charge in [-0.2, -0.15) is 0 Å². The number of carbonyl (C=O) groups is 2. The van der Waals surface area contributed by atoms with Crippen LogP contribution in [-0.4, -0.2) is 55.0 Å². The maximum Gasteiger partial charge on any atom is 0.303 e. The number of aryl methyl sites for hydroxylation is 1. The minimum Gasteiger partial charge on any atom is -0.481 e. The molecule has 4 aliphatic carbocycles. The number of pyridine rings is 1. The Balaban J connectivity index is 1.05. The van der Waals surface area contributed by atoms with Crippen molar-refractivity contribution in [3.63, 3.8) is 0 Å². The monoisotopic (exact) mass is 738 g/mol. The zero-order chi connectivity index (χ0) is 38.7.